The fourth-order valence-corrected chi connectivity index (χ4v) is 5.22. The summed E-state index contributed by atoms with van der Waals surface area (Å²) in [6, 6.07) is 4.23. The van der Waals surface area contributed by atoms with E-state index >= 15 is 0 Å². The molecule has 5 N–H and O–H groups in total. The largest absolute Gasteiger partial charge is 0.438 e. The number of alkyl halides is 3. The molecule has 9 nitrogen and oxygen atoms in total. The molecule has 1 fully saturated rings. The number of amides is 1. The van der Waals surface area contributed by atoms with E-state index in [9.17, 15) is 27.6 Å². The van der Waals surface area contributed by atoms with Crippen LogP contribution in [0.4, 0.5) is 18.9 Å². The average molecular weight is 522 g/mol. The number of hydrogen-bond donors (Lipinski definition) is 3. The molecule has 200 valence electrons. The third-order valence-corrected chi connectivity index (χ3v) is 6.83. The molecule has 0 atom stereocenters. The number of rotatable bonds is 6. The second-order valence-corrected chi connectivity index (χ2v) is 10.5. The van der Waals surface area contributed by atoms with Crippen molar-refractivity contribution in [3.05, 3.63) is 40.7 Å². The normalized spacial score (nSPS) is 18.7. The molecule has 2 aliphatic carbocycles. The van der Waals surface area contributed by atoms with E-state index in [0.29, 0.717) is 12.8 Å². The second-order valence-electron chi connectivity index (χ2n) is 10.5. The number of anilines is 1. The third-order valence-electron chi connectivity index (χ3n) is 6.83. The van der Waals surface area contributed by atoms with Crippen LogP contribution in [0.2, 0.25) is 0 Å². The number of carbonyl (C=O) groups is 3. The molecule has 2 aliphatic rings. The van der Waals surface area contributed by atoms with Crippen molar-refractivity contribution in [2.75, 3.05) is 11.9 Å². The zero-order valence-corrected chi connectivity index (χ0v) is 20.7. The quantitative estimate of drug-likeness (QED) is 0.388. The lowest BCUT2D eigenvalue weighted by Crippen LogP contribution is -2.46. The van der Waals surface area contributed by atoms with E-state index < -0.39 is 46.2 Å². The van der Waals surface area contributed by atoms with Crippen molar-refractivity contribution < 1.29 is 32.3 Å². The monoisotopic (exact) mass is 521 g/mol. The predicted molar refractivity (Wildman–Crippen MR) is 128 cm³/mol. The van der Waals surface area contributed by atoms with Crippen molar-refractivity contribution in [2.45, 2.75) is 70.7 Å². The summed E-state index contributed by atoms with van der Waals surface area (Å²) in [6.07, 6.45) is -1.37. The number of benzene rings is 1. The summed E-state index contributed by atoms with van der Waals surface area (Å²) in [5.41, 5.74) is 8.22. The molecule has 37 heavy (non-hydrogen) atoms. The Bertz CT molecular complexity index is 1250. The summed E-state index contributed by atoms with van der Waals surface area (Å²) in [7, 11) is 0. The van der Waals surface area contributed by atoms with E-state index in [1.807, 2.05) is 0 Å². The SMILES string of the molecule is CC1(C)CC(=O)c2c(C(F)(F)F)nn(-c3ccc(C(N)=O)c(NC4(OC(=O)CN)CCCCC4)c3)c2C1. The minimum absolute atomic E-state index is 0.0305. The standard InChI is InChI=1S/C25H30F3N5O4/c1-23(2)11-17-20(18(34)12-23)21(25(26,27)28)32-33(17)14-6-7-15(22(30)36)16(10-14)31-24(37-19(35)13-29)8-4-3-5-9-24/h6-7,10,31H,3-5,8-9,11-13,29H2,1-2H3,(H2,30,36). The Balaban J connectivity index is 1.85. The van der Waals surface area contributed by atoms with Crippen LogP contribution in [0, 0.1) is 5.41 Å². The van der Waals surface area contributed by atoms with E-state index in [2.05, 4.69) is 10.4 Å². The zero-order valence-electron chi connectivity index (χ0n) is 20.7. The molecule has 1 heterocycles. The summed E-state index contributed by atoms with van der Waals surface area (Å²) in [5, 5.41) is 6.95. The fourth-order valence-electron chi connectivity index (χ4n) is 5.22. The summed E-state index contributed by atoms with van der Waals surface area (Å²) < 4.78 is 48.4. The van der Waals surface area contributed by atoms with Gasteiger partial charge in [0.05, 0.1) is 34.7 Å². The topological polar surface area (TPSA) is 142 Å². The van der Waals surface area contributed by atoms with Gasteiger partial charge in [-0.15, -0.1) is 0 Å². The smallest absolute Gasteiger partial charge is 0.435 e. The van der Waals surface area contributed by atoms with Gasteiger partial charge in [-0.2, -0.15) is 18.3 Å². The number of halogens is 3. The van der Waals surface area contributed by atoms with E-state index in [0.717, 1.165) is 23.9 Å². The number of Topliss-reactive ketones (excluding diaryl/α,β-unsaturated/α-hetero) is 1. The highest BCUT2D eigenvalue weighted by atomic mass is 19.4. The zero-order chi connectivity index (χ0) is 27.2. The van der Waals surface area contributed by atoms with Crippen molar-refractivity contribution in [3.8, 4) is 5.69 Å². The molecule has 4 rings (SSSR count). The highest BCUT2D eigenvalue weighted by Gasteiger charge is 2.45. The first-order valence-electron chi connectivity index (χ1n) is 12.1. The van der Waals surface area contributed by atoms with Crippen molar-refractivity contribution in [2.24, 2.45) is 16.9 Å². The predicted octanol–water partition coefficient (Wildman–Crippen LogP) is 3.72. The molecule has 12 heteroatoms. The van der Waals surface area contributed by atoms with Crippen LogP contribution < -0.4 is 16.8 Å². The Labute approximate surface area is 211 Å². The first-order chi connectivity index (χ1) is 17.3. The molecule has 0 spiro atoms. The van der Waals surface area contributed by atoms with Gasteiger partial charge in [0.2, 0.25) is 0 Å². The number of nitrogens with zero attached hydrogens (tertiary/aromatic N) is 2. The fraction of sp³-hybridized carbons (Fsp3) is 0.520. The molecule has 0 radical (unpaired) electrons. The van der Waals surface area contributed by atoms with E-state index in [1.54, 1.807) is 13.8 Å². The maximum Gasteiger partial charge on any atom is 0.435 e. The number of fused-ring (bicyclic) bond motifs is 1. The number of nitrogens with two attached hydrogens (primary N) is 2. The lowest BCUT2D eigenvalue weighted by atomic mass is 9.75. The Morgan fingerprint density at radius 3 is 2.43 bits per heavy atom. The Hall–Kier alpha value is -3.41. The molecule has 0 saturated heterocycles. The lowest BCUT2D eigenvalue weighted by Gasteiger charge is -2.38. The van der Waals surface area contributed by atoms with Crippen LogP contribution in [0.1, 0.15) is 84.5 Å². The number of hydrogen-bond acceptors (Lipinski definition) is 7. The maximum absolute atomic E-state index is 13.9. The minimum Gasteiger partial charge on any atom is -0.438 e. The molecule has 1 aromatic heterocycles. The maximum atomic E-state index is 13.9. The molecule has 0 bridgehead atoms. The van der Waals surface area contributed by atoms with Crippen LogP contribution in [-0.2, 0) is 22.1 Å². The average Bonchev–Trinajstić information content (AvgIpc) is 3.18. The molecule has 0 unspecified atom stereocenters. The van der Waals surface area contributed by atoms with E-state index in [4.69, 9.17) is 16.2 Å². The Morgan fingerprint density at radius 2 is 1.84 bits per heavy atom. The molecule has 1 amide bonds. The van der Waals surface area contributed by atoms with Crippen LogP contribution in [-0.4, -0.2) is 39.7 Å². The summed E-state index contributed by atoms with van der Waals surface area (Å²) in [5.74, 6) is -2.03. The van der Waals surface area contributed by atoms with Gasteiger partial charge in [0.1, 0.15) is 0 Å². The summed E-state index contributed by atoms with van der Waals surface area (Å²) in [6.45, 7) is 3.27. The highest BCUT2D eigenvalue weighted by Crippen LogP contribution is 2.42. The Morgan fingerprint density at radius 1 is 1.16 bits per heavy atom. The second kappa shape index (κ2) is 9.47. The van der Waals surface area contributed by atoms with Gasteiger partial charge in [0.25, 0.3) is 5.91 Å². The van der Waals surface area contributed by atoms with Crippen LogP contribution in [0.15, 0.2) is 18.2 Å². The number of aromatic nitrogens is 2. The van der Waals surface area contributed by atoms with Gasteiger partial charge in [0.15, 0.2) is 17.2 Å². The molecule has 2 aromatic rings. The summed E-state index contributed by atoms with van der Waals surface area (Å²) >= 11 is 0. The van der Waals surface area contributed by atoms with E-state index in [1.165, 1.54) is 18.2 Å². The van der Waals surface area contributed by atoms with Gasteiger partial charge in [0, 0.05) is 19.3 Å². The van der Waals surface area contributed by atoms with Gasteiger partial charge in [-0.25, -0.2) is 4.68 Å². The summed E-state index contributed by atoms with van der Waals surface area (Å²) in [4.78, 5) is 37.1. The van der Waals surface area contributed by atoms with Crippen LogP contribution in [0.3, 0.4) is 0 Å². The molecule has 0 aliphatic heterocycles. The number of primary amides is 1. The molecular formula is C25H30F3N5O4. The van der Waals surface area contributed by atoms with Crippen molar-refractivity contribution >= 4 is 23.3 Å². The van der Waals surface area contributed by atoms with Gasteiger partial charge in [-0.05, 0) is 42.9 Å². The first-order valence-corrected chi connectivity index (χ1v) is 12.1. The number of carbonyl (C=O) groups excluding carboxylic acids is 3. The van der Waals surface area contributed by atoms with Crippen LogP contribution >= 0.6 is 0 Å². The van der Waals surface area contributed by atoms with Crippen molar-refractivity contribution in [1.82, 2.24) is 9.78 Å². The molecular weight excluding hydrogens is 491 g/mol. The molecule has 1 aromatic carbocycles. The first kappa shape index (κ1) is 26.6. The van der Waals surface area contributed by atoms with Gasteiger partial charge in [-0.3, -0.25) is 14.4 Å². The number of ether oxygens (including phenoxy) is 1. The number of nitrogens with one attached hydrogen (secondary N) is 1. The van der Waals surface area contributed by atoms with Gasteiger partial charge in [-0.1, -0.05) is 20.3 Å². The minimum atomic E-state index is -4.83. The van der Waals surface area contributed by atoms with E-state index in [-0.39, 0.29) is 42.0 Å². The van der Waals surface area contributed by atoms with Crippen molar-refractivity contribution in [1.29, 1.82) is 0 Å². The third kappa shape index (κ3) is 5.34. The highest BCUT2D eigenvalue weighted by molar-refractivity contribution is 6.00. The Kier molecular flexibility index (Phi) is 6.82. The van der Waals surface area contributed by atoms with Crippen LogP contribution in [0.5, 0.6) is 0 Å². The van der Waals surface area contributed by atoms with Gasteiger partial charge >= 0.3 is 12.1 Å². The molecule has 1 saturated carbocycles. The number of ketones is 1. The lowest BCUT2D eigenvalue weighted by molar-refractivity contribution is -0.158. The van der Waals surface area contributed by atoms with Crippen LogP contribution in [0.25, 0.3) is 5.69 Å². The van der Waals surface area contributed by atoms with Crippen molar-refractivity contribution in [3.63, 3.8) is 0 Å². The number of esters is 1. The van der Waals surface area contributed by atoms with Gasteiger partial charge < -0.3 is 21.5 Å².